The first-order valence-corrected chi connectivity index (χ1v) is 8.93. The van der Waals surface area contributed by atoms with Gasteiger partial charge in [-0.3, -0.25) is 4.90 Å². The van der Waals surface area contributed by atoms with Crippen LogP contribution in [0.15, 0.2) is 72.3 Å². The maximum Gasteiger partial charge on any atom is 0.133 e. The Balaban J connectivity index is 1.76. The lowest BCUT2D eigenvalue weighted by molar-refractivity contribution is 0.130. The van der Waals surface area contributed by atoms with Crippen molar-refractivity contribution in [3.05, 3.63) is 83.4 Å². The molecule has 0 saturated carbocycles. The SMILES string of the molecule is CN1C2CCC1CC(=CC(O)(c1ccccc1)c1ccccc1)C2. The second kappa shape index (κ2) is 6.19. The average Bonchev–Trinajstić information content (AvgIpc) is 2.84. The standard InChI is InChI=1S/C22H25NO/c1-23-20-12-13-21(23)15-17(14-20)16-22(24,18-8-4-2-5-9-18)19-10-6-3-7-11-19/h2-11,16,20-21,24H,12-15H2,1H3. The van der Waals surface area contributed by atoms with Crippen LogP contribution < -0.4 is 0 Å². The molecule has 4 rings (SSSR count). The minimum atomic E-state index is -1.05. The van der Waals surface area contributed by atoms with Crippen molar-refractivity contribution in [2.45, 2.75) is 43.4 Å². The van der Waals surface area contributed by atoms with Gasteiger partial charge >= 0.3 is 0 Å². The molecule has 2 heterocycles. The fraction of sp³-hybridized carbons (Fsp3) is 0.364. The van der Waals surface area contributed by atoms with Crippen molar-refractivity contribution in [2.24, 2.45) is 0 Å². The molecule has 2 aliphatic heterocycles. The van der Waals surface area contributed by atoms with Gasteiger partial charge in [0.25, 0.3) is 0 Å². The Hall–Kier alpha value is -1.90. The molecule has 0 radical (unpaired) electrons. The molecule has 2 aromatic carbocycles. The highest BCUT2D eigenvalue weighted by atomic mass is 16.3. The zero-order valence-electron chi connectivity index (χ0n) is 14.2. The third-order valence-electron chi connectivity index (χ3n) is 5.82. The molecule has 2 bridgehead atoms. The predicted octanol–water partition coefficient (Wildman–Crippen LogP) is 4.11. The van der Waals surface area contributed by atoms with Crippen molar-refractivity contribution in [1.82, 2.24) is 4.90 Å². The van der Waals surface area contributed by atoms with Gasteiger partial charge in [-0.2, -0.15) is 0 Å². The number of hydrogen-bond donors (Lipinski definition) is 1. The Morgan fingerprint density at radius 2 is 1.33 bits per heavy atom. The molecule has 2 heteroatoms. The van der Waals surface area contributed by atoms with Crippen molar-refractivity contribution in [1.29, 1.82) is 0 Å². The molecule has 2 aliphatic rings. The van der Waals surface area contributed by atoms with Crippen LogP contribution in [-0.2, 0) is 5.60 Å². The molecule has 2 saturated heterocycles. The van der Waals surface area contributed by atoms with E-state index in [9.17, 15) is 5.11 Å². The van der Waals surface area contributed by atoms with Crippen LogP contribution in [0.5, 0.6) is 0 Å². The summed E-state index contributed by atoms with van der Waals surface area (Å²) in [6, 6.07) is 21.4. The van der Waals surface area contributed by atoms with E-state index in [4.69, 9.17) is 0 Å². The van der Waals surface area contributed by atoms with Gasteiger partial charge < -0.3 is 5.11 Å². The molecule has 0 spiro atoms. The molecule has 2 atom stereocenters. The Labute approximate surface area is 144 Å². The van der Waals surface area contributed by atoms with Crippen LogP contribution in [0.4, 0.5) is 0 Å². The molecule has 0 aromatic heterocycles. The molecule has 1 N–H and O–H groups in total. The Kier molecular flexibility index (Phi) is 4.03. The van der Waals surface area contributed by atoms with Crippen LogP contribution in [0, 0.1) is 0 Å². The van der Waals surface area contributed by atoms with E-state index >= 15 is 0 Å². The Bertz CT molecular complexity index is 667. The average molecular weight is 319 g/mol. The third kappa shape index (κ3) is 2.70. The highest BCUT2D eigenvalue weighted by Gasteiger charge is 2.38. The van der Waals surface area contributed by atoms with E-state index in [0.717, 1.165) is 24.0 Å². The van der Waals surface area contributed by atoms with Crippen molar-refractivity contribution in [3.8, 4) is 0 Å². The normalized spacial score (nSPS) is 24.2. The third-order valence-corrected chi connectivity index (χ3v) is 5.82. The van der Waals surface area contributed by atoms with E-state index in [1.165, 1.54) is 18.4 Å². The second-order valence-electron chi connectivity index (χ2n) is 7.26. The first-order valence-electron chi connectivity index (χ1n) is 8.93. The van der Waals surface area contributed by atoms with Crippen LogP contribution in [0.1, 0.15) is 36.8 Å². The number of hydrogen-bond acceptors (Lipinski definition) is 2. The van der Waals surface area contributed by atoms with Gasteiger partial charge in [0.05, 0.1) is 0 Å². The molecule has 0 amide bonds. The lowest BCUT2D eigenvalue weighted by atomic mass is 9.82. The molecule has 2 unspecified atom stereocenters. The summed E-state index contributed by atoms with van der Waals surface area (Å²) in [5.41, 5.74) is 2.23. The smallest absolute Gasteiger partial charge is 0.133 e. The minimum Gasteiger partial charge on any atom is -0.377 e. The highest BCUT2D eigenvalue weighted by Crippen LogP contribution is 2.40. The number of rotatable bonds is 3. The fourth-order valence-electron chi connectivity index (χ4n) is 4.40. The maximum atomic E-state index is 11.7. The second-order valence-corrected chi connectivity index (χ2v) is 7.26. The van der Waals surface area contributed by atoms with E-state index in [1.807, 2.05) is 60.7 Å². The summed E-state index contributed by atoms with van der Waals surface area (Å²) in [7, 11) is 2.25. The summed E-state index contributed by atoms with van der Waals surface area (Å²) < 4.78 is 0. The molecule has 0 aliphatic carbocycles. The molecule has 2 aromatic rings. The van der Waals surface area contributed by atoms with E-state index in [0.29, 0.717) is 12.1 Å². The Morgan fingerprint density at radius 3 is 1.79 bits per heavy atom. The number of piperidine rings is 1. The summed E-state index contributed by atoms with van der Waals surface area (Å²) in [5.74, 6) is 0. The summed E-state index contributed by atoms with van der Waals surface area (Å²) in [4.78, 5) is 2.53. The lowest BCUT2D eigenvalue weighted by Gasteiger charge is -2.35. The molecule has 2 nitrogen and oxygen atoms in total. The molecular weight excluding hydrogens is 294 g/mol. The lowest BCUT2D eigenvalue weighted by Crippen LogP contribution is -2.37. The summed E-state index contributed by atoms with van der Waals surface area (Å²) >= 11 is 0. The van der Waals surface area contributed by atoms with Gasteiger partial charge in [-0.25, -0.2) is 0 Å². The van der Waals surface area contributed by atoms with Gasteiger partial charge in [0.1, 0.15) is 5.60 Å². The molecular formula is C22H25NO. The maximum absolute atomic E-state index is 11.7. The monoisotopic (exact) mass is 319 g/mol. The van der Waals surface area contributed by atoms with Crippen LogP contribution in [0.2, 0.25) is 0 Å². The van der Waals surface area contributed by atoms with Gasteiger partial charge in [0.2, 0.25) is 0 Å². The summed E-state index contributed by atoms with van der Waals surface area (Å²) in [6.45, 7) is 0. The highest BCUT2D eigenvalue weighted by molar-refractivity contribution is 5.42. The van der Waals surface area contributed by atoms with E-state index < -0.39 is 5.60 Å². The van der Waals surface area contributed by atoms with E-state index in [1.54, 1.807) is 0 Å². The number of fused-ring (bicyclic) bond motifs is 2. The van der Waals surface area contributed by atoms with Crippen LogP contribution in [-0.4, -0.2) is 29.1 Å². The van der Waals surface area contributed by atoms with Crippen molar-refractivity contribution in [2.75, 3.05) is 7.05 Å². The van der Waals surface area contributed by atoms with Gasteiger partial charge in [-0.15, -0.1) is 0 Å². The largest absolute Gasteiger partial charge is 0.377 e. The number of aliphatic hydroxyl groups is 1. The van der Waals surface area contributed by atoms with Gasteiger partial charge in [0.15, 0.2) is 0 Å². The van der Waals surface area contributed by atoms with Gasteiger partial charge in [0, 0.05) is 12.1 Å². The van der Waals surface area contributed by atoms with Crippen LogP contribution in [0.25, 0.3) is 0 Å². The minimum absolute atomic E-state index is 0.644. The van der Waals surface area contributed by atoms with Crippen LogP contribution >= 0.6 is 0 Å². The first-order chi connectivity index (χ1) is 11.7. The van der Waals surface area contributed by atoms with E-state index in [2.05, 4.69) is 18.0 Å². The summed E-state index contributed by atoms with van der Waals surface area (Å²) in [6.07, 6.45) is 6.86. The molecule has 24 heavy (non-hydrogen) atoms. The van der Waals surface area contributed by atoms with Gasteiger partial charge in [-0.05, 0) is 49.9 Å². The predicted molar refractivity (Wildman–Crippen MR) is 97.8 cm³/mol. The topological polar surface area (TPSA) is 23.5 Å². The Morgan fingerprint density at radius 1 is 0.875 bits per heavy atom. The van der Waals surface area contributed by atoms with E-state index in [-0.39, 0.29) is 0 Å². The number of nitrogens with zero attached hydrogens (tertiary/aromatic N) is 1. The zero-order valence-corrected chi connectivity index (χ0v) is 14.2. The molecule has 2 fully saturated rings. The summed E-state index contributed by atoms with van der Waals surface area (Å²) in [5, 5.41) is 11.7. The zero-order chi connectivity index (χ0) is 16.6. The first kappa shape index (κ1) is 15.6. The van der Waals surface area contributed by atoms with Crippen LogP contribution in [0.3, 0.4) is 0 Å². The fourth-order valence-corrected chi connectivity index (χ4v) is 4.40. The quantitative estimate of drug-likeness (QED) is 0.861. The van der Waals surface area contributed by atoms with Crippen molar-refractivity contribution < 1.29 is 5.11 Å². The van der Waals surface area contributed by atoms with Gasteiger partial charge in [-0.1, -0.05) is 66.2 Å². The van der Waals surface area contributed by atoms with Crippen molar-refractivity contribution >= 4 is 0 Å². The number of benzene rings is 2. The van der Waals surface area contributed by atoms with Crippen molar-refractivity contribution in [3.63, 3.8) is 0 Å². The molecule has 124 valence electrons.